The SMILES string of the molecule is Cc1nc(-c2ccccc2)sc1C(C)N(C)Cc1noc(CN)n1. The van der Waals surface area contributed by atoms with Crippen LogP contribution in [0.3, 0.4) is 0 Å². The minimum Gasteiger partial charge on any atom is -0.338 e. The summed E-state index contributed by atoms with van der Waals surface area (Å²) in [4.78, 5) is 12.4. The maximum absolute atomic E-state index is 5.51. The van der Waals surface area contributed by atoms with Gasteiger partial charge in [-0.15, -0.1) is 11.3 Å². The molecule has 2 N–H and O–H groups in total. The molecule has 2 aromatic heterocycles. The van der Waals surface area contributed by atoms with E-state index in [1.54, 1.807) is 11.3 Å². The molecular weight excluding hydrogens is 322 g/mol. The molecule has 0 amide bonds. The van der Waals surface area contributed by atoms with Crippen LogP contribution in [0.2, 0.25) is 0 Å². The van der Waals surface area contributed by atoms with Crippen molar-refractivity contribution in [2.75, 3.05) is 7.05 Å². The molecule has 0 spiro atoms. The van der Waals surface area contributed by atoms with Gasteiger partial charge in [-0.2, -0.15) is 4.98 Å². The van der Waals surface area contributed by atoms with E-state index >= 15 is 0 Å². The van der Waals surface area contributed by atoms with E-state index in [0.29, 0.717) is 18.3 Å². The first-order valence-corrected chi connectivity index (χ1v) is 8.64. The van der Waals surface area contributed by atoms with E-state index in [2.05, 4.69) is 41.0 Å². The number of nitrogens with zero attached hydrogens (tertiary/aromatic N) is 4. The summed E-state index contributed by atoms with van der Waals surface area (Å²) < 4.78 is 5.06. The predicted molar refractivity (Wildman–Crippen MR) is 94.4 cm³/mol. The quantitative estimate of drug-likeness (QED) is 0.740. The van der Waals surface area contributed by atoms with Crippen LogP contribution in [0.15, 0.2) is 34.9 Å². The van der Waals surface area contributed by atoms with Gasteiger partial charge in [-0.3, -0.25) is 4.90 Å². The number of aryl methyl sites for hydroxylation is 1. The van der Waals surface area contributed by atoms with Crippen LogP contribution in [-0.2, 0) is 13.1 Å². The highest BCUT2D eigenvalue weighted by molar-refractivity contribution is 7.15. The van der Waals surface area contributed by atoms with Crippen molar-refractivity contribution in [1.82, 2.24) is 20.0 Å². The third-order valence-electron chi connectivity index (χ3n) is 3.97. The average molecular weight is 343 g/mol. The van der Waals surface area contributed by atoms with E-state index < -0.39 is 0 Å². The fourth-order valence-corrected chi connectivity index (χ4v) is 3.69. The molecule has 126 valence electrons. The third kappa shape index (κ3) is 3.53. The summed E-state index contributed by atoms with van der Waals surface area (Å²) in [5.41, 5.74) is 7.72. The first kappa shape index (κ1) is 16.8. The Bertz CT molecular complexity index is 798. The molecule has 0 aliphatic rings. The summed E-state index contributed by atoms with van der Waals surface area (Å²) >= 11 is 1.73. The monoisotopic (exact) mass is 343 g/mol. The Kier molecular flexibility index (Phi) is 5.03. The summed E-state index contributed by atoms with van der Waals surface area (Å²) in [6.07, 6.45) is 0. The fourth-order valence-electron chi connectivity index (χ4n) is 2.50. The van der Waals surface area contributed by atoms with Crippen LogP contribution in [0.1, 0.15) is 35.3 Å². The van der Waals surface area contributed by atoms with Crippen LogP contribution in [0, 0.1) is 6.92 Å². The molecular formula is C17H21N5OS. The number of aromatic nitrogens is 3. The van der Waals surface area contributed by atoms with E-state index in [9.17, 15) is 0 Å². The van der Waals surface area contributed by atoms with E-state index in [1.165, 1.54) is 4.88 Å². The Balaban J connectivity index is 1.76. The van der Waals surface area contributed by atoms with Gasteiger partial charge < -0.3 is 10.3 Å². The second kappa shape index (κ2) is 7.21. The van der Waals surface area contributed by atoms with Crippen molar-refractivity contribution in [1.29, 1.82) is 0 Å². The lowest BCUT2D eigenvalue weighted by Crippen LogP contribution is -2.22. The molecule has 0 saturated heterocycles. The Morgan fingerprint density at radius 2 is 2.00 bits per heavy atom. The Morgan fingerprint density at radius 1 is 1.25 bits per heavy atom. The molecule has 0 aliphatic heterocycles. The van der Waals surface area contributed by atoms with Gasteiger partial charge in [0.2, 0.25) is 5.89 Å². The predicted octanol–water partition coefficient (Wildman–Crippen LogP) is 3.15. The van der Waals surface area contributed by atoms with Crippen molar-refractivity contribution >= 4 is 11.3 Å². The first-order chi connectivity index (χ1) is 11.6. The maximum atomic E-state index is 5.51. The van der Waals surface area contributed by atoms with Crippen molar-refractivity contribution in [3.63, 3.8) is 0 Å². The highest BCUT2D eigenvalue weighted by Gasteiger charge is 2.20. The molecule has 0 saturated carbocycles. The molecule has 1 atom stereocenters. The van der Waals surface area contributed by atoms with E-state index in [4.69, 9.17) is 15.2 Å². The number of nitrogens with two attached hydrogens (primary N) is 1. The molecule has 1 unspecified atom stereocenters. The number of hydrogen-bond acceptors (Lipinski definition) is 7. The molecule has 3 aromatic rings. The minimum absolute atomic E-state index is 0.208. The van der Waals surface area contributed by atoms with Gasteiger partial charge in [0.25, 0.3) is 0 Å². The largest absolute Gasteiger partial charge is 0.338 e. The summed E-state index contributed by atoms with van der Waals surface area (Å²) in [7, 11) is 2.05. The smallest absolute Gasteiger partial charge is 0.240 e. The lowest BCUT2D eigenvalue weighted by molar-refractivity contribution is 0.244. The maximum Gasteiger partial charge on any atom is 0.240 e. The van der Waals surface area contributed by atoms with Crippen LogP contribution in [0.25, 0.3) is 10.6 Å². The molecule has 6 nitrogen and oxygen atoms in total. The molecule has 7 heteroatoms. The van der Waals surface area contributed by atoms with Crippen LogP contribution >= 0.6 is 11.3 Å². The third-order valence-corrected chi connectivity index (χ3v) is 5.35. The fraction of sp³-hybridized carbons (Fsp3) is 0.353. The van der Waals surface area contributed by atoms with Gasteiger partial charge in [0.1, 0.15) is 5.01 Å². The Morgan fingerprint density at radius 3 is 2.67 bits per heavy atom. The summed E-state index contributed by atoms with van der Waals surface area (Å²) in [6, 6.07) is 10.5. The molecule has 0 bridgehead atoms. The molecule has 1 aromatic carbocycles. The van der Waals surface area contributed by atoms with Crippen LogP contribution in [-0.4, -0.2) is 27.1 Å². The molecule has 3 rings (SSSR count). The van der Waals surface area contributed by atoms with Gasteiger partial charge in [0, 0.05) is 16.5 Å². The van der Waals surface area contributed by atoms with E-state index in [-0.39, 0.29) is 12.6 Å². The van der Waals surface area contributed by atoms with Gasteiger partial charge in [0.05, 0.1) is 18.8 Å². The highest BCUT2D eigenvalue weighted by atomic mass is 32.1. The summed E-state index contributed by atoms with van der Waals surface area (Å²) in [5, 5.41) is 5.01. The van der Waals surface area contributed by atoms with Crippen molar-refractivity contribution < 1.29 is 4.52 Å². The van der Waals surface area contributed by atoms with Crippen molar-refractivity contribution in [2.24, 2.45) is 5.73 Å². The van der Waals surface area contributed by atoms with Gasteiger partial charge in [0.15, 0.2) is 5.82 Å². The second-order valence-corrected chi connectivity index (χ2v) is 6.76. The average Bonchev–Trinajstić information content (AvgIpc) is 3.21. The lowest BCUT2D eigenvalue weighted by atomic mass is 10.2. The zero-order valence-electron chi connectivity index (χ0n) is 14.1. The number of benzene rings is 1. The topological polar surface area (TPSA) is 81.1 Å². The minimum atomic E-state index is 0.208. The molecule has 0 fully saturated rings. The molecule has 24 heavy (non-hydrogen) atoms. The van der Waals surface area contributed by atoms with Gasteiger partial charge in [-0.1, -0.05) is 35.5 Å². The zero-order valence-corrected chi connectivity index (χ0v) is 14.9. The molecule has 0 aliphatic carbocycles. The highest BCUT2D eigenvalue weighted by Crippen LogP contribution is 2.34. The van der Waals surface area contributed by atoms with E-state index in [0.717, 1.165) is 16.3 Å². The normalized spacial score (nSPS) is 12.7. The number of thiazole rings is 1. The first-order valence-electron chi connectivity index (χ1n) is 7.83. The summed E-state index contributed by atoms with van der Waals surface area (Å²) in [6.45, 7) is 5.09. The number of rotatable bonds is 6. The van der Waals surface area contributed by atoms with Gasteiger partial charge >= 0.3 is 0 Å². The molecule has 0 radical (unpaired) electrons. The van der Waals surface area contributed by atoms with Crippen molar-refractivity contribution in [3.8, 4) is 10.6 Å². The van der Waals surface area contributed by atoms with Crippen molar-refractivity contribution in [2.45, 2.75) is 33.0 Å². The standard InChI is InChI=1S/C17H21N5OS/c1-11-16(24-17(19-11)13-7-5-4-6-8-13)12(2)22(3)10-14-20-15(9-18)23-21-14/h4-8,12H,9-10,18H2,1-3H3. The molecule has 2 heterocycles. The van der Waals surface area contributed by atoms with Crippen LogP contribution < -0.4 is 5.73 Å². The Labute approximate surface area is 145 Å². The van der Waals surface area contributed by atoms with Crippen molar-refractivity contribution in [3.05, 3.63) is 52.6 Å². The van der Waals surface area contributed by atoms with Crippen LogP contribution in [0.4, 0.5) is 0 Å². The van der Waals surface area contributed by atoms with E-state index in [1.807, 2.05) is 25.2 Å². The lowest BCUT2D eigenvalue weighted by Gasteiger charge is -2.22. The second-order valence-electron chi connectivity index (χ2n) is 5.73. The summed E-state index contributed by atoms with van der Waals surface area (Å²) in [5.74, 6) is 1.11. The van der Waals surface area contributed by atoms with Gasteiger partial charge in [-0.05, 0) is 20.9 Å². The zero-order chi connectivity index (χ0) is 17.1. The Hall–Kier alpha value is -2.09. The van der Waals surface area contributed by atoms with Gasteiger partial charge in [-0.25, -0.2) is 4.98 Å². The van der Waals surface area contributed by atoms with Crippen LogP contribution in [0.5, 0.6) is 0 Å². The number of hydrogen-bond donors (Lipinski definition) is 1.